The number of nitrogens with zero attached hydrogens (tertiary/aromatic N) is 5. The van der Waals surface area contributed by atoms with Crippen LogP contribution in [0, 0.1) is 6.92 Å². The van der Waals surface area contributed by atoms with E-state index in [9.17, 15) is 4.79 Å². The third-order valence-electron chi connectivity index (χ3n) is 4.25. The summed E-state index contributed by atoms with van der Waals surface area (Å²) in [6, 6.07) is 17.6. The maximum atomic E-state index is 12.9. The van der Waals surface area contributed by atoms with Crippen molar-refractivity contribution < 1.29 is 4.79 Å². The molecule has 0 aliphatic carbocycles. The van der Waals surface area contributed by atoms with E-state index in [0.29, 0.717) is 11.0 Å². The predicted octanol–water partition coefficient (Wildman–Crippen LogP) is 3.51. The topological polar surface area (TPSA) is 63.4 Å². The third-order valence-corrected chi connectivity index (χ3v) is 5.43. The molecule has 0 radical (unpaired) electrons. The van der Waals surface area contributed by atoms with Crippen LogP contribution in [0.2, 0.25) is 0 Å². The molecule has 136 valence electrons. The van der Waals surface area contributed by atoms with E-state index in [1.165, 1.54) is 11.8 Å². The van der Waals surface area contributed by atoms with Crippen molar-refractivity contribution in [1.29, 1.82) is 0 Å². The van der Waals surface area contributed by atoms with Crippen LogP contribution >= 0.6 is 11.8 Å². The van der Waals surface area contributed by atoms with Gasteiger partial charge in [-0.05, 0) is 24.6 Å². The van der Waals surface area contributed by atoms with Crippen molar-refractivity contribution in [2.75, 3.05) is 14.1 Å². The van der Waals surface area contributed by atoms with Crippen LogP contribution in [-0.4, -0.2) is 44.5 Å². The van der Waals surface area contributed by atoms with Crippen LogP contribution < -0.4 is 0 Å². The molecule has 6 nitrogen and oxygen atoms in total. The highest BCUT2D eigenvalue weighted by Crippen LogP contribution is 2.36. The first-order valence-corrected chi connectivity index (χ1v) is 9.47. The number of aryl methyl sites for hydroxylation is 1. The van der Waals surface area contributed by atoms with Crippen LogP contribution in [0.3, 0.4) is 0 Å². The molecule has 2 heterocycles. The van der Waals surface area contributed by atoms with E-state index < -0.39 is 5.25 Å². The minimum atomic E-state index is -0.414. The van der Waals surface area contributed by atoms with Crippen LogP contribution in [0.5, 0.6) is 0 Å². The number of aromatic nitrogens is 4. The third kappa shape index (κ3) is 3.26. The van der Waals surface area contributed by atoms with Gasteiger partial charge in [0, 0.05) is 19.5 Å². The number of benzene rings is 2. The van der Waals surface area contributed by atoms with Crippen LogP contribution in [-0.2, 0) is 4.79 Å². The van der Waals surface area contributed by atoms with Crippen molar-refractivity contribution in [3.05, 3.63) is 66.0 Å². The average molecular weight is 377 g/mol. The maximum absolute atomic E-state index is 12.9. The molecule has 7 heteroatoms. The van der Waals surface area contributed by atoms with E-state index in [1.54, 1.807) is 23.5 Å². The van der Waals surface area contributed by atoms with E-state index in [4.69, 9.17) is 4.98 Å². The fourth-order valence-electron chi connectivity index (χ4n) is 2.94. The molecular formula is C20H19N5OS. The number of hydrogen-bond donors (Lipinski definition) is 0. The molecule has 0 aliphatic heterocycles. The zero-order chi connectivity index (χ0) is 19.0. The Kier molecular flexibility index (Phi) is 4.53. The van der Waals surface area contributed by atoms with Crippen LogP contribution in [0.4, 0.5) is 0 Å². The summed E-state index contributed by atoms with van der Waals surface area (Å²) in [5.74, 6) is 0.677. The van der Waals surface area contributed by atoms with Gasteiger partial charge >= 0.3 is 0 Å². The van der Waals surface area contributed by atoms with Gasteiger partial charge in [-0.1, -0.05) is 54.2 Å². The fourth-order valence-corrected chi connectivity index (χ4v) is 4.13. The SMILES string of the molecule is Cc1nc2c3ccccc3nc(S[C@H](C(=O)N(C)C)c3ccccc3)n2n1. The van der Waals surface area contributed by atoms with E-state index in [1.807, 2.05) is 61.5 Å². The monoisotopic (exact) mass is 377 g/mol. The zero-order valence-corrected chi connectivity index (χ0v) is 16.1. The summed E-state index contributed by atoms with van der Waals surface area (Å²) in [6.45, 7) is 1.86. The first-order valence-electron chi connectivity index (χ1n) is 8.59. The normalized spacial score (nSPS) is 12.4. The molecule has 0 spiro atoms. The molecule has 0 aliphatic rings. The largest absolute Gasteiger partial charge is 0.348 e. The van der Waals surface area contributed by atoms with Gasteiger partial charge in [0.15, 0.2) is 10.8 Å². The number of hydrogen-bond acceptors (Lipinski definition) is 5. The summed E-state index contributed by atoms with van der Waals surface area (Å²) in [5, 5.41) is 5.69. The van der Waals surface area contributed by atoms with Gasteiger partial charge in [0.1, 0.15) is 11.1 Å². The highest BCUT2D eigenvalue weighted by Gasteiger charge is 2.26. The Labute approximate surface area is 161 Å². The second-order valence-corrected chi connectivity index (χ2v) is 7.52. The lowest BCUT2D eigenvalue weighted by atomic mass is 10.1. The molecule has 0 N–H and O–H groups in total. The van der Waals surface area contributed by atoms with Gasteiger partial charge in [0.25, 0.3) is 0 Å². The first-order chi connectivity index (χ1) is 13.0. The van der Waals surface area contributed by atoms with Crippen LogP contribution in [0.1, 0.15) is 16.6 Å². The Morgan fingerprint density at radius 2 is 1.74 bits per heavy atom. The Morgan fingerprint density at radius 3 is 2.48 bits per heavy atom. The van der Waals surface area contributed by atoms with Crippen molar-refractivity contribution in [1.82, 2.24) is 24.5 Å². The maximum Gasteiger partial charge on any atom is 0.240 e. The molecule has 2 aromatic carbocycles. The molecule has 4 rings (SSSR count). The molecule has 4 aromatic rings. The van der Waals surface area contributed by atoms with Gasteiger partial charge in [-0.25, -0.2) is 9.97 Å². The first kappa shape index (κ1) is 17.5. The molecule has 0 saturated heterocycles. The highest BCUT2D eigenvalue weighted by atomic mass is 32.2. The Bertz CT molecular complexity index is 1120. The number of para-hydroxylation sites is 1. The second kappa shape index (κ2) is 7.00. The standard InChI is InChI=1S/C20H19N5OS/c1-13-21-18-15-11-7-8-12-16(15)22-20(25(18)23-13)27-17(19(26)24(2)3)14-9-5-4-6-10-14/h4-12,17H,1-3H3/t17-/m0/s1. The van der Waals surface area contributed by atoms with Crippen molar-refractivity contribution in [2.24, 2.45) is 0 Å². The number of carbonyl (C=O) groups is 1. The Morgan fingerprint density at radius 1 is 1.04 bits per heavy atom. The summed E-state index contributed by atoms with van der Waals surface area (Å²) in [7, 11) is 3.53. The predicted molar refractivity (Wildman–Crippen MR) is 107 cm³/mol. The van der Waals surface area contributed by atoms with Crippen molar-refractivity contribution in [3.63, 3.8) is 0 Å². The minimum Gasteiger partial charge on any atom is -0.348 e. The molecule has 27 heavy (non-hydrogen) atoms. The number of amides is 1. The average Bonchev–Trinajstić information content (AvgIpc) is 3.08. The van der Waals surface area contributed by atoms with Gasteiger partial charge in [-0.2, -0.15) is 4.52 Å². The van der Waals surface area contributed by atoms with Crippen molar-refractivity contribution in [2.45, 2.75) is 17.3 Å². The molecule has 0 fully saturated rings. The smallest absolute Gasteiger partial charge is 0.240 e. The number of rotatable bonds is 4. The van der Waals surface area contributed by atoms with E-state index in [0.717, 1.165) is 22.1 Å². The van der Waals surface area contributed by atoms with Gasteiger partial charge in [-0.15, -0.1) is 5.10 Å². The summed E-state index contributed by atoms with van der Waals surface area (Å²) in [4.78, 5) is 23.8. The number of likely N-dealkylation sites (N-methyl/N-ethyl adjacent to an activating group) is 1. The fraction of sp³-hybridized carbons (Fsp3) is 0.200. The molecule has 2 aromatic heterocycles. The van der Waals surface area contributed by atoms with E-state index >= 15 is 0 Å². The summed E-state index contributed by atoms with van der Waals surface area (Å²) in [6.07, 6.45) is 0. The van der Waals surface area contributed by atoms with Gasteiger partial charge in [0.2, 0.25) is 5.91 Å². The van der Waals surface area contributed by atoms with Gasteiger partial charge in [-0.3, -0.25) is 4.79 Å². The summed E-state index contributed by atoms with van der Waals surface area (Å²) >= 11 is 1.39. The molecule has 1 atom stereocenters. The van der Waals surface area contributed by atoms with E-state index in [2.05, 4.69) is 10.1 Å². The molecule has 0 unspecified atom stereocenters. The molecular weight excluding hydrogens is 358 g/mol. The number of carbonyl (C=O) groups excluding carboxylic acids is 1. The van der Waals surface area contributed by atoms with Crippen molar-refractivity contribution in [3.8, 4) is 0 Å². The van der Waals surface area contributed by atoms with E-state index in [-0.39, 0.29) is 5.91 Å². The van der Waals surface area contributed by atoms with Crippen molar-refractivity contribution >= 4 is 34.2 Å². The van der Waals surface area contributed by atoms with Gasteiger partial charge < -0.3 is 4.90 Å². The lowest BCUT2D eigenvalue weighted by molar-refractivity contribution is -0.128. The quantitative estimate of drug-likeness (QED) is 0.402. The lowest BCUT2D eigenvalue weighted by Crippen LogP contribution is -2.27. The number of fused-ring (bicyclic) bond motifs is 3. The van der Waals surface area contributed by atoms with Crippen LogP contribution in [0.15, 0.2) is 59.8 Å². The zero-order valence-electron chi connectivity index (χ0n) is 15.3. The summed E-state index contributed by atoms with van der Waals surface area (Å²) < 4.78 is 1.74. The lowest BCUT2D eigenvalue weighted by Gasteiger charge is -2.20. The Hall–Kier alpha value is -2.93. The summed E-state index contributed by atoms with van der Waals surface area (Å²) in [5.41, 5.74) is 2.52. The van der Waals surface area contributed by atoms with Gasteiger partial charge in [0.05, 0.1) is 5.52 Å². The minimum absolute atomic E-state index is 0.00569. The van der Waals surface area contributed by atoms with Crippen LogP contribution in [0.25, 0.3) is 16.6 Å². The highest BCUT2D eigenvalue weighted by molar-refractivity contribution is 8.00. The molecule has 0 bridgehead atoms. The number of thioether (sulfide) groups is 1. The second-order valence-electron chi connectivity index (χ2n) is 6.45. The molecule has 1 amide bonds. The Balaban J connectivity index is 1.87. The molecule has 0 saturated carbocycles.